The Morgan fingerprint density at radius 3 is 2.48 bits per heavy atom. The highest BCUT2D eigenvalue weighted by molar-refractivity contribution is 5.81. The Morgan fingerprint density at radius 1 is 1.19 bits per heavy atom. The Hall–Kier alpha value is -2.36. The zero-order chi connectivity index (χ0) is 15.2. The summed E-state index contributed by atoms with van der Waals surface area (Å²) in [6.45, 7) is 4.01. The van der Waals surface area contributed by atoms with E-state index in [9.17, 15) is 9.18 Å². The lowest BCUT2D eigenvalue weighted by Gasteiger charge is -2.20. The molecule has 1 atom stereocenters. The summed E-state index contributed by atoms with van der Waals surface area (Å²) in [5, 5.41) is 3.17. The van der Waals surface area contributed by atoms with Crippen LogP contribution in [0, 0.1) is 12.7 Å². The van der Waals surface area contributed by atoms with Crippen LogP contribution in [0.1, 0.15) is 24.1 Å². The second kappa shape index (κ2) is 6.88. The highest BCUT2D eigenvalue weighted by Gasteiger charge is 2.22. The maximum absolute atomic E-state index is 13.1. The minimum absolute atomic E-state index is 0.298. The van der Waals surface area contributed by atoms with Gasteiger partial charge in [0, 0.05) is 5.69 Å². The molecule has 1 N–H and O–H groups in total. The number of halogens is 1. The molecule has 0 fully saturated rings. The van der Waals surface area contributed by atoms with Crippen LogP contribution in [0.25, 0.3) is 0 Å². The molecule has 2 rings (SSSR count). The number of benzene rings is 2. The summed E-state index contributed by atoms with van der Waals surface area (Å²) in [6, 6.07) is 12.8. The molecule has 0 spiro atoms. The molecular formula is C17H18FNO2. The molecule has 0 radical (unpaired) electrons. The van der Waals surface area contributed by atoms with Gasteiger partial charge in [0.1, 0.15) is 5.82 Å². The van der Waals surface area contributed by atoms with Crippen molar-refractivity contribution >= 4 is 11.7 Å². The van der Waals surface area contributed by atoms with E-state index in [1.165, 1.54) is 12.1 Å². The molecule has 0 bridgehead atoms. The molecule has 2 aromatic rings. The molecule has 1 unspecified atom stereocenters. The van der Waals surface area contributed by atoms with Gasteiger partial charge in [0.2, 0.25) is 0 Å². The largest absolute Gasteiger partial charge is 0.464 e. The third-order valence-electron chi connectivity index (χ3n) is 3.17. The molecule has 4 heteroatoms. The minimum Gasteiger partial charge on any atom is -0.464 e. The van der Waals surface area contributed by atoms with E-state index < -0.39 is 6.04 Å². The summed E-state index contributed by atoms with van der Waals surface area (Å²) in [6.07, 6.45) is 0. The van der Waals surface area contributed by atoms with E-state index in [4.69, 9.17) is 4.74 Å². The monoisotopic (exact) mass is 287 g/mol. The Morgan fingerprint density at radius 2 is 1.86 bits per heavy atom. The number of hydrogen-bond donors (Lipinski definition) is 1. The van der Waals surface area contributed by atoms with Crippen molar-refractivity contribution in [2.45, 2.75) is 19.9 Å². The van der Waals surface area contributed by atoms with Crippen LogP contribution in [0.5, 0.6) is 0 Å². The van der Waals surface area contributed by atoms with Gasteiger partial charge in [-0.25, -0.2) is 9.18 Å². The van der Waals surface area contributed by atoms with Crippen molar-refractivity contribution in [2.24, 2.45) is 0 Å². The second-order valence-corrected chi connectivity index (χ2v) is 4.70. The third-order valence-corrected chi connectivity index (χ3v) is 3.17. The number of rotatable bonds is 5. The molecule has 0 saturated carbocycles. The number of nitrogens with one attached hydrogen (secondary N) is 1. The number of carbonyl (C=O) groups is 1. The van der Waals surface area contributed by atoms with Gasteiger partial charge >= 0.3 is 5.97 Å². The molecule has 21 heavy (non-hydrogen) atoms. The predicted molar refractivity (Wildman–Crippen MR) is 80.6 cm³/mol. The Kier molecular flexibility index (Phi) is 4.93. The van der Waals surface area contributed by atoms with Crippen molar-refractivity contribution in [3.05, 3.63) is 65.5 Å². The lowest BCUT2D eigenvalue weighted by atomic mass is 10.1. The van der Waals surface area contributed by atoms with Gasteiger partial charge in [-0.2, -0.15) is 0 Å². The number of ether oxygens (including phenoxy) is 1. The quantitative estimate of drug-likeness (QED) is 0.849. The minimum atomic E-state index is -0.661. The molecule has 0 heterocycles. The highest BCUT2D eigenvalue weighted by Crippen LogP contribution is 2.23. The fraction of sp³-hybridized carbons (Fsp3) is 0.235. The van der Waals surface area contributed by atoms with Crippen molar-refractivity contribution in [3.63, 3.8) is 0 Å². The zero-order valence-electron chi connectivity index (χ0n) is 12.1. The first kappa shape index (κ1) is 15.0. The summed E-state index contributed by atoms with van der Waals surface area (Å²) in [4.78, 5) is 12.2. The summed E-state index contributed by atoms with van der Waals surface area (Å²) < 4.78 is 18.2. The number of hydrogen-bond acceptors (Lipinski definition) is 3. The van der Waals surface area contributed by atoms with Crippen molar-refractivity contribution in [2.75, 3.05) is 11.9 Å². The molecule has 0 aliphatic heterocycles. The molecule has 0 saturated heterocycles. The predicted octanol–water partition coefficient (Wildman–Crippen LogP) is 3.85. The number of aryl methyl sites for hydroxylation is 1. The van der Waals surface area contributed by atoms with E-state index in [1.54, 1.807) is 19.1 Å². The van der Waals surface area contributed by atoms with Crippen LogP contribution in [0.4, 0.5) is 10.1 Å². The molecule has 3 nitrogen and oxygen atoms in total. The molecule has 110 valence electrons. The average Bonchev–Trinajstić information content (AvgIpc) is 2.48. The summed E-state index contributed by atoms with van der Waals surface area (Å²) in [7, 11) is 0. The number of para-hydroxylation sites is 1. The molecule has 0 aliphatic rings. The van der Waals surface area contributed by atoms with Gasteiger partial charge in [0.05, 0.1) is 6.61 Å². The average molecular weight is 287 g/mol. The van der Waals surface area contributed by atoms with Crippen LogP contribution in [0.15, 0.2) is 48.5 Å². The molecule has 0 aliphatic carbocycles. The summed E-state index contributed by atoms with van der Waals surface area (Å²) in [5.41, 5.74) is 2.53. The van der Waals surface area contributed by atoms with Crippen molar-refractivity contribution in [1.82, 2.24) is 0 Å². The molecule has 2 aromatic carbocycles. The highest BCUT2D eigenvalue weighted by atomic mass is 19.1. The van der Waals surface area contributed by atoms with Crippen LogP contribution >= 0.6 is 0 Å². The Balaban J connectivity index is 2.30. The van der Waals surface area contributed by atoms with Crippen LogP contribution in [-0.2, 0) is 9.53 Å². The number of esters is 1. The van der Waals surface area contributed by atoms with Gasteiger partial charge in [0.25, 0.3) is 0 Å². The number of anilines is 1. The van der Waals surface area contributed by atoms with Crippen LogP contribution in [0.2, 0.25) is 0 Å². The van der Waals surface area contributed by atoms with Crippen molar-refractivity contribution < 1.29 is 13.9 Å². The van der Waals surface area contributed by atoms with Crippen LogP contribution < -0.4 is 5.32 Å². The van der Waals surface area contributed by atoms with Gasteiger partial charge in [-0.15, -0.1) is 0 Å². The summed E-state index contributed by atoms with van der Waals surface area (Å²) in [5.74, 6) is -0.718. The second-order valence-electron chi connectivity index (χ2n) is 4.70. The molecule has 0 amide bonds. The van der Waals surface area contributed by atoms with E-state index in [2.05, 4.69) is 5.32 Å². The van der Waals surface area contributed by atoms with Crippen LogP contribution in [0.3, 0.4) is 0 Å². The van der Waals surface area contributed by atoms with E-state index in [-0.39, 0.29) is 11.8 Å². The fourth-order valence-corrected chi connectivity index (χ4v) is 2.05. The molecule has 0 aromatic heterocycles. The summed E-state index contributed by atoms with van der Waals surface area (Å²) >= 11 is 0. The fourth-order valence-electron chi connectivity index (χ4n) is 2.05. The van der Waals surface area contributed by atoms with E-state index in [1.807, 2.05) is 31.2 Å². The Bertz CT molecular complexity index is 610. The van der Waals surface area contributed by atoms with Crippen molar-refractivity contribution in [3.8, 4) is 0 Å². The maximum Gasteiger partial charge on any atom is 0.333 e. The lowest BCUT2D eigenvalue weighted by Crippen LogP contribution is -2.23. The van der Waals surface area contributed by atoms with Crippen molar-refractivity contribution in [1.29, 1.82) is 0 Å². The topological polar surface area (TPSA) is 38.3 Å². The van der Waals surface area contributed by atoms with E-state index in [0.717, 1.165) is 11.3 Å². The van der Waals surface area contributed by atoms with Gasteiger partial charge in [-0.1, -0.05) is 30.3 Å². The maximum atomic E-state index is 13.1. The van der Waals surface area contributed by atoms with Gasteiger partial charge in [-0.3, -0.25) is 0 Å². The Labute approximate surface area is 123 Å². The van der Waals surface area contributed by atoms with Gasteiger partial charge in [0.15, 0.2) is 6.04 Å². The standard InChI is InChI=1S/C17H18FNO2/c1-3-21-17(20)16(13-8-10-14(18)11-9-13)19-15-7-5-4-6-12(15)2/h4-11,16,19H,3H2,1-2H3. The lowest BCUT2D eigenvalue weighted by molar-refractivity contribution is -0.144. The first-order chi connectivity index (χ1) is 10.1. The SMILES string of the molecule is CCOC(=O)C(Nc1ccccc1C)c1ccc(F)cc1. The first-order valence-corrected chi connectivity index (χ1v) is 6.86. The zero-order valence-corrected chi connectivity index (χ0v) is 12.1. The number of carbonyl (C=O) groups excluding carboxylic acids is 1. The van der Waals surface area contributed by atoms with E-state index >= 15 is 0 Å². The van der Waals surface area contributed by atoms with Gasteiger partial charge in [-0.05, 0) is 43.2 Å². The smallest absolute Gasteiger partial charge is 0.333 e. The third kappa shape index (κ3) is 3.81. The normalized spacial score (nSPS) is 11.8. The van der Waals surface area contributed by atoms with E-state index in [0.29, 0.717) is 12.2 Å². The first-order valence-electron chi connectivity index (χ1n) is 6.86. The van der Waals surface area contributed by atoms with Crippen LogP contribution in [-0.4, -0.2) is 12.6 Å². The van der Waals surface area contributed by atoms with Gasteiger partial charge < -0.3 is 10.1 Å². The molecular weight excluding hydrogens is 269 g/mol.